The Morgan fingerprint density at radius 3 is 2.48 bits per heavy atom. The standard InChI is InChI=1S/C22H27N5O.HI/c1-2-23-22(24-15-13-21(28)19-7-4-3-5-8-19)25-17-18-9-11-20(12-10-18)27-16-6-14-26-27;/h3-12,14,16,21,28H,2,13,15,17H2,1H3,(H2,23,24,25);1H. The molecule has 0 aliphatic carbocycles. The Bertz CT molecular complexity index is 851. The van der Waals surface area contributed by atoms with E-state index in [-0.39, 0.29) is 24.0 Å². The van der Waals surface area contributed by atoms with Gasteiger partial charge in [0.15, 0.2) is 5.96 Å². The summed E-state index contributed by atoms with van der Waals surface area (Å²) in [5.41, 5.74) is 3.08. The molecule has 154 valence electrons. The van der Waals surface area contributed by atoms with Crippen LogP contribution in [0.25, 0.3) is 5.69 Å². The van der Waals surface area contributed by atoms with Crippen LogP contribution in [0.4, 0.5) is 0 Å². The molecule has 6 nitrogen and oxygen atoms in total. The molecule has 3 aromatic rings. The molecule has 1 unspecified atom stereocenters. The highest BCUT2D eigenvalue weighted by Crippen LogP contribution is 2.15. The summed E-state index contributed by atoms with van der Waals surface area (Å²) in [5.74, 6) is 0.749. The van der Waals surface area contributed by atoms with Crippen molar-refractivity contribution >= 4 is 29.9 Å². The number of guanidine groups is 1. The van der Waals surface area contributed by atoms with Gasteiger partial charge in [0.1, 0.15) is 0 Å². The van der Waals surface area contributed by atoms with Gasteiger partial charge < -0.3 is 15.7 Å². The molecule has 3 rings (SSSR count). The number of halogens is 1. The lowest BCUT2D eigenvalue weighted by Crippen LogP contribution is -2.38. The third kappa shape index (κ3) is 7.17. The third-order valence-corrected chi connectivity index (χ3v) is 4.36. The van der Waals surface area contributed by atoms with Crippen molar-refractivity contribution < 1.29 is 5.11 Å². The first-order valence-corrected chi connectivity index (χ1v) is 9.60. The molecule has 0 radical (unpaired) electrons. The smallest absolute Gasteiger partial charge is 0.191 e. The van der Waals surface area contributed by atoms with Gasteiger partial charge >= 0.3 is 0 Å². The second kappa shape index (κ2) is 12.2. The number of rotatable bonds is 8. The van der Waals surface area contributed by atoms with Crippen LogP contribution in [0.3, 0.4) is 0 Å². The summed E-state index contributed by atoms with van der Waals surface area (Å²) in [6.45, 7) is 4.04. The lowest BCUT2D eigenvalue weighted by molar-refractivity contribution is 0.168. The van der Waals surface area contributed by atoms with Crippen molar-refractivity contribution in [1.29, 1.82) is 0 Å². The molecular formula is C22H28IN5O. The second-order valence-electron chi connectivity index (χ2n) is 6.45. The van der Waals surface area contributed by atoms with Gasteiger partial charge in [-0.3, -0.25) is 0 Å². The molecule has 2 aromatic carbocycles. The molecule has 0 spiro atoms. The SMILES string of the molecule is CCNC(=NCc1ccc(-n2cccn2)cc1)NCCC(O)c1ccccc1.I. The van der Waals surface area contributed by atoms with Crippen LogP contribution in [-0.2, 0) is 6.54 Å². The molecule has 29 heavy (non-hydrogen) atoms. The van der Waals surface area contributed by atoms with E-state index in [1.54, 1.807) is 6.20 Å². The lowest BCUT2D eigenvalue weighted by Gasteiger charge is -2.14. The van der Waals surface area contributed by atoms with Gasteiger partial charge in [-0.15, -0.1) is 24.0 Å². The van der Waals surface area contributed by atoms with E-state index < -0.39 is 6.10 Å². The number of aliphatic imine (C=N–C) groups is 1. The molecule has 0 aliphatic heterocycles. The number of aliphatic hydroxyl groups excluding tert-OH is 1. The maximum Gasteiger partial charge on any atom is 0.191 e. The fraction of sp³-hybridized carbons (Fsp3) is 0.273. The molecule has 7 heteroatoms. The molecule has 0 bridgehead atoms. The van der Waals surface area contributed by atoms with Crippen LogP contribution >= 0.6 is 24.0 Å². The minimum Gasteiger partial charge on any atom is -0.388 e. The molecule has 1 aromatic heterocycles. The molecule has 1 heterocycles. The number of aliphatic hydroxyl groups is 1. The number of benzene rings is 2. The Morgan fingerprint density at radius 1 is 1.07 bits per heavy atom. The molecule has 0 saturated heterocycles. The van der Waals surface area contributed by atoms with E-state index in [0.717, 1.165) is 29.3 Å². The maximum absolute atomic E-state index is 10.3. The highest BCUT2D eigenvalue weighted by Gasteiger charge is 2.07. The van der Waals surface area contributed by atoms with E-state index in [0.29, 0.717) is 19.5 Å². The fourth-order valence-electron chi connectivity index (χ4n) is 2.86. The molecule has 0 aliphatic rings. The number of hydrogen-bond donors (Lipinski definition) is 3. The van der Waals surface area contributed by atoms with Crippen molar-refractivity contribution in [2.24, 2.45) is 4.99 Å². The fourth-order valence-corrected chi connectivity index (χ4v) is 2.86. The van der Waals surface area contributed by atoms with E-state index in [1.165, 1.54) is 0 Å². The van der Waals surface area contributed by atoms with Crippen LogP contribution in [-0.4, -0.2) is 33.9 Å². The monoisotopic (exact) mass is 505 g/mol. The van der Waals surface area contributed by atoms with Crippen molar-refractivity contribution in [3.8, 4) is 5.69 Å². The quantitative estimate of drug-likeness (QED) is 0.248. The van der Waals surface area contributed by atoms with Gasteiger partial charge in [0.2, 0.25) is 0 Å². The highest BCUT2D eigenvalue weighted by molar-refractivity contribution is 14.0. The summed E-state index contributed by atoms with van der Waals surface area (Å²) in [5, 5.41) is 21.0. The Hall–Kier alpha value is -2.39. The van der Waals surface area contributed by atoms with Gasteiger partial charge in [-0.25, -0.2) is 9.67 Å². The van der Waals surface area contributed by atoms with E-state index in [4.69, 9.17) is 0 Å². The van der Waals surface area contributed by atoms with Crippen molar-refractivity contribution in [3.63, 3.8) is 0 Å². The van der Waals surface area contributed by atoms with Crippen LogP contribution in [0.5, 0.6) is 0 Å². The van der Waals surface area contributed by atoms with Gasteiger partial charge in [0.25, 0.3) is 0 Å². The number of hydrogen-bond acceptors (Lipinski definition) is 3. The van der Waals surface area contributed by atoms with Crippen LogP contribution in [0.2, 0.25) is 0 Å². The summed E-state index contributed by atoms with van der Waals surface area (Å²) in [6.07, 6.45) is 3.82. The minimum absolute atomic E-state index is 0. The predicted octanol–water partition coefficient (Wildman–Crippen LogP) is 3.67. The summed E-state index contributed by atoms with van der Waals surface area (Å²) in [4.78, 5) is 4.64. The van der Waals surface area contributed by atoms with Gasteiger partial charge in [-0.2, -0.15) is 5.10 Å². The predicted molar refractivity (Wildman–Crippen MR) is 128 cm³/mol. The van der Waals surface area contributed by atoms with Crippen molar-refractivity contribution in [2.75, 3.05) is 13.1 Å². The van der Waals surface area contributed by atoms with Crippen LogP contribution in [0, 0.1) is 0 Å². The average Bonchev–Trinajstić information content (AvgIpc) is 3.28. The molecule has 0 saturated carbocycles. The topological polar surface area (TPSA) is 74.5 Å². The summed E-state index contributed by atoms with van der Waals surface area (Å²) < 4.78 is 1.83. The summed E-state index contributed by atoms with van der Waals surface area (Å²) >= 11 is 0. The first kappa shape index (κ1) is 22.9. The van der Waals surface area contributed by atoms with E-state index in [9.17, 15) is 5.11 Å². The highest BCUT2D eigenvalue weighted by atomic mass is 127. The second-order valence-corrected chi connectivity index (χ2v) is 6.45. The summed E-state index contributed by atoms with van der Waals surface area (Å²) in [6, 6.07) is 19.8. The van der Waals surface area contributed by atoms with Crippen molar-refractivity contribution in [3.05, 3.63) is 84.2 Å². The average molecular weight is 505 g/mol. The van der Waals surface area contributed by atoms with Gasteiger partial charge in [0, 0.05) is 25.5 Å². The molecule has 0 amide bonds. The van der Waals surface area contributed by atoms with E-state index in [2.05, 4.69) is 32.9 Å². The first-order chi connectivity index (χ1) is 13.8. The molecule has 3 N–H and O–H groups in total. The zero-order valence-corrected chi connectivity index (χ0v) is 18.9. The van der Waals surface area contributed by atoms with E-state index in [1.807, 2.05) is 66.3 Å². The normalized spacial score (nSPS) is 12.1. The Labute approximate surface area is 189 Å². The number of aromatic nitrogens is 2. The number of nitrogens with one attached hydrogen (secondary N) is 2. The molecule has 0 fully saturated rings. The summed E-state index contributed by atoms with van der Waals surface area (Å²) in [7, 11) is 0. The van der Waals surface area contributed by atoms with Crippen molar-refractivity contribution in [2.45, 2.75) is 26.0 Å². The first-order valence-electron chi connectivity index (χ1n) is 9.60. The van der Waals surface area contributed by atoms with Crippen molar-refractivity contribution in [1.82, 2.24) is 20.4 Å². The molecule has 1 atom stereocenters. The number of nitrogens with zero attached hydrogens (tertiary/aromatic N) is 3. The Balaban J connectivity index is 0.00000300. The van der Waals surface area contributed by atoms with Crippen LogP contribution in [0.15, 0.2) is 78.0 Å². The lowest BCUT2D eigenvalue weighted by atomic mass is 10.1. The van der Waals surface area contributed by atoms with Gasteiger partial charge in [-0.1, -0.05) is 42.5 Å². The molecular weight excluding hydrogens is 477 g/mol. The zero-order valence-electron chi connectivity index (χ0n) is 16.5. The Kier molecular flexibility index (Phi) is 9.66. The van der Waals surface area contributed by atoms with E-state index >= 15 is 0 Å². The van der Waals surface area contributed by atoms with Crippen LogP contribution in [0.1, 0.15) is 30.6 Å². The maximum atomic E-state index is 10.3. The zero-order chi connectivity index (χ0) is 19.6. The minimum atomic E-state index is -0.480. The van der Waals surface area contributed by atoms with Crippen LogP contribution < -0.4 is 10.6 Å². The largest absolute Gasteiger partial charge is 0.388 e. The third-order valence-electron chi connectivity index (χ3n) is 4.36. The Morgan fingerprint density at radius 2 is 1.83 bits per heavy atom. The van der Waals surface area contributed by atoms with Gasteiger partial charge in [-0.05, 0) is 42.7 Å². The van der Waals surface area contributed by atoms with Gasteiger partial charge in [0.05, 0.1) is 18.3 Å².